The fraction of sp³-hybridized carbons (Fsp3) is 0.955. The molecule has 0 amide bonds. The number of ether oxygens (including phenoxy) is 2. The van der Waals surface area contributed by atoms with Gasteiger partial charge in [0.1, 0.15) is 18.8 Å². The lowest BCUT2D eigenvalue weighted by atomic mass is 10.0. The fourth-order valence-electron chi connectivity index (χ4n) is 3.00. The standard InChI is InChI=1S/C22H44O6/c1-2-3-4-5-6-7-8-9-10-11-12-13-14-15-22(26)28-19-21(17-24)27-18-20(25)16-23/h20-21,23-25H,2-19H2,1H3. The monoisotopic (exact) mass is 404 g/mol. The molecule has 0 aliphatic carbocycles. The molecule has 3 N–H and O–H groups in total. The second-order valence-electron chi connectivity index (χ2n) is 7.65. The lowest BCUT2D eigenvalue weighted by Crippen LogP contribution is -2.30. The number of unbranched alkanes of at least 4 members (excludes halogenated alkanes) is 12. The molecule has 0 rings (SSSR count). The van der Waals surface area contributed by atoms with Crippen LogP contribution in [0.1, 0.15) is 96.8 Å². The van der Waals surface area contributed by atoms with Gasteiger partial charge < -0.3 is 24.8 Å². The first-order valence-electron chi connectivity index (χ1n) is 11.3. The molecule has 0 fully saturated rings. The number of aliphatic hydroxyl groups is 3. The van der Waals surface area contributed by atoms with Crippen molar-refractivity contribution < 1.29 is 29.6 Å². The molecule has 0 spiro atoms. The molecular formula is C22H44O6. The third kappa shape index (κ3) is 18.7. The van der Waals surface area contributed by atoms with Crippen LogP contribution in [-0.4, -0.2) is 59.9 Å². The summed E-state index contributed by atoms with van der Waals surface area (Å²) in [5.74, 6) is -0.284. The van der Waals surface area contributed by atoms with Gasteiger partial charge in [-0.2, -0.15) is 0 Å². The molecule has 0 aliphatic heterocycles. The van der Waals surface area contributed by atoms with Crippen LogP contribution in [0.15, 0.2) is 0 Å². The van der Waals surface area contributed by atoms with E-state index in [1.807, 2.05) is 0 Å². The molecule has 0 saturated heterocycles. The fourth-order valence-corrected chi connectivity index (χ4v) is 3.00. The van der Waals surface area contributed by atoms with Crippen LogP contribution in [0.25, 0.3) is 0 Å². The van der Waals surface area contributed by atoms with Gasteiger partial charge in [-0.05, 0) is 6.42 Å². The van der Waals surface area contributed by atoms with E-state index in [2.05, 4.69) is 6.92 Å². The Morgan fingerprint density at radius 1 is 0.750 bits per heavy atom. The SMILES string of the molecule is CCCCCCCCCCCCCCCC(=O)OCC(CO)OCC(O)CO. The Morgan fingerprint density at radius 3 is 1.71 bits per heavy atom. The normalized spacial score (nSPS) is 13.4. The third-order valence-electron chi connectivity index (χ3n) is 4.85. The summed E-state index contributed by atoms with van der Waals surface area (Å²) in [6.45, 7) is 1.41. The Hall–Kier alpha value is -0.690. The Kier molecular flexibility index (Phi) is 20.5. The maximum Gasteiger partial charge on any atom is 0.305 e. The van der Waals surface area contributed by atoms with Gasteiger partial charge in [0.15, 0.2) is 0 Å². The highest BCUT2D eigenvalue weighted by molar-refractivity contribution is 5.69. The Bertz CT molecular complexity index is 337. The summed E-state index contributed by atoms with van der Waals surface area (Å²) in [5.41, 5.74) is 0. The predicted octanol–water partition coefficient (Wildman–Crippen LogP) is 3.74. The minimum atomic E-state index is -0.990. The molecule has 0 aromatic carbocycles. The first-order valence-corrected chi connectivity index (χ1v) is 11.3. The minimum Gasteiger partial charge on any atom is -0.463 e. The van der Waals surface area contributed by atoms with Gasteiger partial charge in [-0.25, -0.2) is 0 Å². The molecule has 2 unspecified atom stereocenters. The van der Waals surface area contributed by atoms with Crippen molar-refractivity contribution in [2.24, 2.45) is 0 Å². The molecule has 0 bridgehead atoms. The second kappa shape index (κ2) is 21.0. The summed E-state index contributed by atoms with van der Waals surface area (Å²) in [7, 11) is 0. The van der Waals surface area contributed by atoms with Crippen molar-refractivity contribution in [3.8, 4) is 0 Å². The molecule has 0 aromatic rings. The average molecular weight is 405 g/mol. The van der Waals surface area contributed by atoms with Crippen LogP contribution in [0, 0.1) is 0 Å². The zero-order valence-corrected chi connectivity index (χ0v) is 17.9. The van der Waals surface area contributed by atoms with E-state index >= 15 is 0 Å². The first kappa shape index (κ1) is 27.3. The smallest absolute Gasteiger partial charge is 0.305 e. The average Bonchev–Trinajstić information content (AvgIpc) is 2.71. The number of rotatable bonds is 21. The van der Waals surface area contributed by atoms with E-state index in [-0.39, 0.29) is 25.8 Å². The highest BCUT2D eigenvalue weighted by atomic mass is 16.6. The van der Waals surface area contributed by atoms with Crippen LogP contribution >= 0.6 is 0 Å². The van der Waals surface area contributed by atoms with E-state index in [0.717, 1.165) is 19.3 Å². The summed E-state index contributed by atoms with van der Waals surface area (Å²) < 4.78 is 10.3. The van der Waals surface area contributed by atoms with Crippen LogP contribution < -0.4 is 0 Å². The molecule has 6 nitrogen and oxygen atoms in total. The van der Waals surface area contributed by atoms with Gasteiger partial charge in [-0.3, -0.25) is 4.79 Å². The summed E-state index contributed by atoms with van der Waals surface area (Å²) in [5, 5.41) is 27.1. The van der Waals surface area contributed by atoms with Crippen molar-refractivity contribution in [2.75, 3.05) is 26.4 Å². The van der Waals surface area contributed by atoms with Crippen molar-refractivity contribution in [3.05, 3.63) is 0 Å². The third-order valence-corrected chi connectivity index (χ3v) is 4.85. The molecule has 28 heavy (non-hydrogen) atoms. The zero-order chi connectivity index (χ0) is 20.9. The molecular weight excluding hydrogens is 360 g/mol. The molecule has 168 valence electrons. The van der Waals surface area contributed by atoms with E-state index in [1.54, 1.807) is 0 Å². The largest absolute Gasteiger partial charge is 0.463 e. The zero-order valence-electron chi connectivity index (χ0n) is 17.9. The van der Waals surface area contributed by atoms with E-state index < -0.39 is 18.8 Å². The Balaban J connectivity index is 3.40. The highest BCUT2D eigenvalue weighted by Gasteiger charge is 2.13. The van der Waals surface area contributed by atoms with Crippen LogP contribution in [0.4, 0.5) is 0 Å². The van der Waals surface area contributed by atoms with Crippen molar-refractivity contribution >= 4 is 5.97 Å². The molecule has 0 aromatic heterocycles. The minimum absolute atomic E-state index is 0.0358. The van der Waals surface area contributed by atoms with Gasteiger partial charge in [0, 0.05) is 6.42 Å². The lowest BCUT2D eigenvalue weighted by Gasteiger charge is -2.17. The van der Waals surface area contributed by atoms with Gasteiger partial charge in [0.2, 0.25) is 0 Å². The lowest BCUT2D eigenvalue weighted by molar-refractivity contribution is -0.150. The molecule has 0 saturated carbocycles. The molecule has 0 aliphatic rings. The van der Waals surface area contributed by atoms with Crippen molar-refractivity contribution in [1.82, 2.24) is 0 Å². The highest BCUT2D eigenvalue weighted by Crippen LogP contribution is 2.13. The summed E-state index contributed by atoms with van der Waals surface area (Å²) in [6, 6.07) is 0. The number of carbonyl (C=O) groups excluding carboxylic acids is 1. The van der Waals surface area contributed by atoms with Crippen LogP contribution in [0.2, 0.25) is 0 Å². The maximum absolute atomic E-state index is 11.7. The number of esters is 1. The topological polar surface area (TPSA) is 96.2 Å². The maximum atomic E-state index is 11.7. The predicted molar refractivity (Wildman–Crippen MR) is 111 cm³/mol. The molecule has 6 heteroatoms. The van der Waals surface area contributed by atoms with Gasteiger partial charge in [0.05, 0.1) is 19.8 Å². The van der Waals surface area contributed by atoms with E-state index in [1.165, 1.54) is 64.2 Å². The molecule has 2 atom stereocenters. The van der Waals surface area contributed by atoms with Gasteiger partial charge in [-0.15, -0.1) is 0 Å². The summed E-state index contributed by atoms with van der Waals surface area (Å²) in [6.07, 6.45) is 15.1. The van der Waals surface area contributed by atoms with Gasteiger partial charge in [-0.1, -0.05) is 84.0 Å². The number of carbonyl (C=O) groups is 1. The molecule has 0 heterocycles. The van der Waals surface area contributed by atoms with Crippen LogP contribution in [-0.2, 0) is 14.3 Å². The second-order valence-corrected chi connectivity index (χ2v) is 7.65. The van der Waals surface area contributed by atoms with E-state index in [9.17, 15) is 9.90 Å². The van der Waals surface area contributed by atoms with Gasteiger partial charge in [0.25, 0.3) is 0 Å². The Labute approximate surface area is 171 Å². The number of aliphatic hydroxyl groups excluding tert-OH is 3. The van der Waals surface area contributed by atoms with Crippen molar-refractivity contribution in [1.29, 1.82) is 0 Å². The van der Waals surface area contributed by atoms with Crippen LogP contribution in [0.3, 0.4) is 0 Å². The Morgan fingerprint density at radius 2 is 1.25 bits per heavy atom. The van der Waals surface area contributed by atoms with E-state index in [4.69, 9.17) is 19.7 Å². The summed E-state index contributed by atoms with van der Waals surface area (Å²) >= 11 is 0. The van der Waals surface area contributed by atoms with Crippen molar-refractivity contribution in [2.45, 2.75) is 109 Å². The summed E-state index contributed by atoms with van der Waals surface area (Å²) in [4.78, 5) is 11.7. The molecule has 0 radical (unpaired) electrons. The number of hydrogen-bond acceptors (Lipinski definition) is 6. The van der Waals surface area contributed by atoms with Crippen LogP contribution in [0.5, 0.6) is 0 Å². The quantitative estimate of drug-likeness (QED) is 0.199. The first-order chi connectivity index (χ1) is 13.6. The van der Waals surface area contributed by atoms with E-state index in [0.29, 0.717) is 6.42 Å². The van der Waals surface area contributed by atoms with Gasteiger partial charge >= 0.3 is 5.97 Å². The number of hydrogen-bond donors (Lipinski definition) is 3. The van der Waals surface area contributed by atoms with Crippen molar-refractivity contribution in [3.63, 3.8) is 0 Å².